The standard InChI is InChI=1S/C19H38O3/c1-3-4-5-6-7-8-9-10-11-12-13-14-15-16-17-19(21)18(2,20)22-19/h20-21H,3-17H2,1-2H3. The molecule has 0 saturated carbocycles. The van der Waals surface area contributed by atoms with Gasteiger partial charge < -0.3 is 14.9 Å². The van der Waals surface area contributed by atoms with Crippen molar-refractivity contribution >= 4 is 0 Å². The molecule has 1 aliphatic heterocycles. The number of unbranched alkanes of at least 4 members (excludes halogenated alkanes) is 13. The van der Waals surface area contributed by atoms with Crippen LogP contribution < -0.4 is 0 Å². The second-order valence-electron chi connectivity index (χ2n) is 7.22. The molecule has 0 bridgehead atoms. The predicted octanol–water partition coefficient (Wildman–Crippen LogP) is 5.29. The summed E-state index contributed by atoms with van der Waals surface area (Å²) in [7, 11) is 0. The molecule has 1 fully saturated rings. The van der Waals surface area contributed by atoms with Crippen LogP contribution in [0, 0.1) is 0 Å². The van der Waals surface area contributed by atoms with E-state index < -0.39 is 11.6 Å². The van der Waals surface area contributed by atoms with Crippen molar-refractivity contribution in [2.24, 2.45) is 0 Å². The van der Waals surface area contributed by atoms with E-state index in [2.05, 4.69) is 6.92 Å². The first kappa shape index (κ1) is 19.9. The molecule has 132 valence electrons. The minimum atomic E-state index is -1.30. The molecular formula is C19H38O3. The van der Waals surface area contributed by atoms with Crippen LogP contribution in [0.25, 0.3) is 0 Å². The summed E-state index contributed by atoms with van der Waals surface area (Å²) < 4.78 is 4.92. The van der Waals surface area contributed by atoms with E-state index in [0.717, 1.165) is 12.8 Å². The molecule has 0 aromatic carbocycles. The SMILES string of the molecule is CCCCCCCCCCCCCCCCC1(O)OC1(C)O. The molecule has 1 saturated heterocycles. The van der Waals surface area contributed by atoms with Crippen LogP contribution in [0.1, 0.15) is 110 Å². The molecular weight excluding hydrogens is 276 g/mol. The number of rotatable bonds is 15. The second kappa shape index (κ2) is 10.6. The van der Waals surface area contributed by atoms with E-state index >= 15 is 0 Å². The highest BCUT2D eigenvalue weighted by Crippen LogP contribution is 2.46. The first-order valence-electron chi connectivity index (χ1n) is 9.67. The Morgan fingerprint density at radius 3 is 1.27 bits per heavy atom. The fourth-order valence-corrected chi connectivity index (χ4v) is 3.15. The molecule has 22 heavy (non-hydrogen) atoms. The smallest absolute Gasteiger partial charge is 0.223 e. The molecule has 0 aliphatic carbocycles. The maximum Gasteiger partial charge on any atom is 0.223 e. The Morgan fingerprint density at radius 1 is 0.636 bits per heavy atom. The molecule has 3 nitrogen and oxygen atoms in total. The van der Waals surface area contributed by atoms with E-state index in [9.17, 15) is 10.2 Å². The van der Waals surface area contributed by atoms with E-state index in [4.69, 9.17) is 4.74 Å². The van der Waals surface area contributed by atoms with Crippen molar-refractivity contribution in [3.05, 3.63) is 0 Å². The lowest BCUT2D eigenvalue weighted by Gasteiger charge is -2.06. The normalized spacial score (nSPS) is 27.3. The van der Waals surface area contributed by atoms with Crippen LogP contribution in [0.4, 0.5) is 0 Å². The van der Waals surface area contributed by atoms with Gasteiger partial charge in [-0.1, -0.05) is 90.4 Å². The Kier molecular flexibility index (Phi) is 9.62. The third-order valence-electron chi connectivity index (χ3n) is 4.92. The monoisotopic (exact) mass is 314 g/mol. The van der Waals surface area contributed by atoms with Gasteiger partial charge >= 0.3 is 0 Å². The van der Waals surface area contributed by atoms with Gasteiger partial charge in [-0.25, -0.2) is 0 Å². The van der Waals surface area contributed by atoms with E-state index in [1.54, 1.807) is 0 Å². The third kappa shape index (κ3) is 7.94. The van der Waals surface area contributed by atoms with Crippen molar-refractivity contribution < 1.29 is 14.9 Å². The van der Waals surface area contributed by atoms with Crippen LogP contribution in [0.3, 0.4) is 0 Å². The summed E-state index contributed by atoms with van der Waals surface area (Å²) in [6.45, 7) is 3.79. The molecule has 1 aliphatic rings. The van der Waals surface area contributed by atoms with Gasteiger partial charge in [-0.05, 0) is 13.3 Å². The van der Waals surface area contributed by atoms with Crippen molar-refractivity contribution in [3.8, 4) is 0 Å². The fraction of sp³-hybridized carbons (Fsp3) is 1.00. The van der Waals surface area contributed by atoms with Crippen LogP contribution >= 0.6 is 0 Å². The van der Waals surface area contributed by atoms with E-state index in [-0.39, 0.29) is 0 Å². The number of aliphatic hydroxyl groups is 2. The van der Waals surface area contributed by atoms with Crippen molar-refractivity contribution in [2.75, 3.05) is 0 Å². The number of ether oxygens (including phenoxy) is 1. The highest BCUT2D eigenvalue weighted by Gasteiger charge is 2.65. The van der Waals surface area contributed by atoms with Gasteiger partial charge in [-0.2, -0.15) is 0 Å². The Bertz CT molecular complexity index is 278. The molecule has 0 amide bonds. The van der Waals surface area contributed by atoms with Gasteiger partial charge in [0.2, 0.25) is 11.6 Å². The zero-order valence-corrected chi connectivity index (χ0v) is 14.9. The Hall–Kier alpha value is -0.120. The summed E-state index contributed by atoms with van der Waals surface area (Å²) in [4.78, 5) is 0. The molecule has 2 N–H and O–H groups in total. The minimum absolute atomic E-state index is 0.554. The van der Waals surface area contributed by atoms with Crippen LogP contribution in [0.5, 0.6) is 0 Å². The van der Waals surface area contributed by atoms with E-state index in [1.807, 2.05) is 0 Å². The Morgan fingerprint density at radius 2 is 0.955 bits per heavy atom. The second-order valence-corrected chi connectivity index (χ2v) is 7.22. The van der Waals surface area contributed by atoms with Crippen LogP contribution in [-0.2, 0) is 4.74 Å². The largest absolute Gasteiger partial charge is 0.361 e. The Labute approximate surface area is 137 Å². The summed E-state index contributed by atoms with van der Waals surface area (Å²) >= 11 is 0. The highest BCUT2D eigenvalue weighted by molar-refractivity contribution is 4.96. The van der Waals surface area contributed by atoms with Gasteiger partial charge in [0.25, 0.3) is 0 Å². The maximum absolute atomic E-state index is 9.78. The Balaban J connectivity index is 1.72. The van der Waals surface area contributed by atoms with Gasteiger partial charge in [0, 0.05) is 6.42 Å². The number of hydrogen-bond donors (Lipinski definition) is 2. The molecule has 0 radical (unpaired) electrons. The van der Waals surface area contributed by atoms with Gasteiger partial charge in [0.15, 0.2) is 0 Å². The molecule has 0 aromatic rings. The molecule has 2 unspecified atom stereocenters. The van der Waals surface area contributed by atoms with Gasteiger partial charge in [-0.3, -0.25) is 0 Å². The third-order valence-corrected chi connectivity index (χ3v) is 4.92. The number of hydrogen-bond acceptors (Lipinski definition) is 3. The van der Waals surface area contributed by atoms with Crippen LogP contribution in [-0.4, -0.2) is 21.8 Å². The zero-order valence-electron chi connectivity index (χ0n) is 14.9. The molecule has 2 atom stereocenters. The topological polar surface area (TPSA) is 53.0 Å². The molecule has 0 aromatic heterocycles. The van der Waals surface area contributed by atoms with Crippen LogP contribution in [0.15, 0.2) is 0 Å². The summed E-state index contributed by atoms with van der Waals surface area (Å²) in [5, 5.41) is 19.3. The van der Waals surface area contributed by atoms with Gasteiger partial charge in [-0.15, -0.1) is 0 Å². The van der Waals surface area contributed by atoms with Gasteiger partial charge in [0.05, 0.1) is 0 Å². The predicted molar refractivity (Wildman–Crippen MR) is 91.6 cm³/mol. The molecule has 3 heteroatoms. The quantitative estimate of drug-likeness (QED) is 0.319. The minimum Gasteiger partial charge on any atom is -0.361 e. The average Bonchev–Trinajstić information content (AvgIpc) is 2.97. The van der Waals surface area contributed by atoms with Gasteiger partial charge in [0.1, 0.15) is 0 Å². The van der Waals surface area contributed by atoms with Crippen molar-refractivity contribution in [3.63, 3.8) is 0 Å². The first-order chi connectivity index (χ1) is 10.5. The summed E-state index contributed by atoms with van der Waals surface area (Å²) in [6, 6.07) is 0. The maximum atomic E-state index is 9.78. The summed E-state index contributed by atoms with van der Waals surface area (Å²) in [5.41, 5.74) is 0. The fourth-order valence-electron chi connectivity index (χ4n) is 3.15. The highest BCUT2D eigenvalue weighted by atomic mass is 16.8. The zero-order chi connectivity index (χ0) is 16.3. The van der Waals surface area contributed by atoms with E-state index in [1.165, 1.54) is 84.0 Å². The lowest BCUT2D eigenvalue weighted by atomic mass is 10.0. The summed E-state index contributed by atoms with van der Waals surface area (Å²) in [5.74, 6) is -2.56. The van der Waals surface area contributed by atoms with Crippen molar-refractivity contribution in [1.82, 2.24) is 0 Å². The molecule has 0 spiro atoms. The average molecular weight is 315 g/mol. The van der Waals surface area contributed by atoms with Crippen molar-refractivity contribution in [1.29, 1.82) is 0 Å². The molecule has 1 heterocycles. The van der Waals surface area contributed by atoms with Crippen molar-refractivity contribution in [2.45, 2.75) is 122 Å². The van der Waals surface area contributed by atoms with E-state index in [0.29, 0.717) is 6.42 Å². The first-order valence-corrected chi connectivity index (χ1v) is 9.67. The number of epoxide rings is 1. The summed E-state index contributed by atoms with van der Waals surface area (Å²) in [6.07, 6.45) is 19.1. The lowest BCUT2D eigenvalue weighted by molar-refractivity contribution is 0.0188. The lowest BCUT2D eigenvalue weighted by Crippen LogP contribution is -2.22. The van der Waals surface area contributed by atoms with Crippen LogP contribution in [0.2, 0.25) is 0 Å². The molecule has 1 rings (SSSR count).